The van der Waals surface area contributed by atoms with E-state index in [1.807, 2.05) is 0 Å². The van der Waals surface area contributed by atoms with Crippen LogP contribution in [0.4, 0.5) is 11.4 Å². The van der Waals surface area contributed by atoms with Gasteiger partial charge in [0, 0.05) is 13.7 Å². The molecule has 6 nitrogen and oxygen atoms in total. The number of benzene rings is 1. The molecule has 1 rings (SSSR count). The van der Waals surface area contributed by atoms with Gasteiger partial charge in [-0.15, -0.1) is 0 Å². The summed E-state index contributed by atoms with van der Waals surface area (Å²) < 4.78 is 10.1. The number of amides is 1. The molecule has 0 unspecified atom stereocenters. The van der Waals surface area contributed by atoms with E-state index in [4.69, 9.17) is 20.9 Å². The molecule has 18 heavy (non-hydrogen) atoms. The molecule has 0 bridgehead atoms. The van der Waals surface area contributed by atoms with Crippen LogP contribution in [0.1, 0.15) is 10.4 Å². The monoisotopic (exact) mass is 253 g/mol. The Hall–Kier alpha value is -1.79. The highest BCUT2D eigenvalue weighted by atomic mass is 16.5. The van der Waals surface area contributed by atoms with Gasteiger partial charge in [-0.3, -0.25) is 4.79 Å². The molecule has 1 aromatic carbocycles. The van der Waals surface area contributed by atoms with Crippen LogP contribution in [0.25, 0.3) is 0 Å². The van der Waals surface area contributed by atoms with Gasteiger partial charge in [-0.05, 0) is 12.1 Å². The molecule has 6 heteroatoms. The zero-order valence-corrected chi connectivity index (χ0v) is 10.4. The van der Waals surface area contributed by atoms with Gasteiger partial charge < -0.3 is 26.3 Å². The largest absolute Gasteiger partial charge is 0.396 e. The Morgan fingerprint density at radius 1 is 1.33 bits per heavy atom. The van der Waals surface area contributed by atoms with Crippen LogP contribution >= 0.6 is 0 Å². The molecule has 0 saturated heterocycles. The van der Waals surface area contributed by atoms with Gasteiger partial charge >= 0.3 is 0 Å². The van der Waals surface area contributed by atoms with Gasteiger partial charge in [-0.1, -0.05) is 6.07 Å². The molecule has 0 aliphatic heterocycles. The van der Waals surface area contributed by atoms with E-state index in [0.717, 1.165) is 0 Å². The van der Waals surface area contributed by atoms with Crippen LogP contribution in [0, 0.1) is 0 Å². The molecule has 0 heterocycles. The maximum Gasteiger partial charge on any atom is 0.250 e. The lowest BCUT2D eigenvalue weighted by Crippen LogP contribution is -2.16. The van der Waals surface area contributed by atoms with Crippen LogP contribution in [0.3, 0.4) is 0 Å². The van der Waals surface area contributed by atoms with E-state index in [2.05, 4.69) is 5.32 Å². The maximum atomic E-state index is 11.1. The third-order valence-electron chi connectivity index (χ3n) is 2.37. The van der Waals surface area contributed by atoms with Crippen molar-refractivity contribution in [3.8, 4) is 0 Å². The highest BCUT2D eigenvalue weighted by Crippen LogP contribution is 2.21. The number of methoxy groups -OCH3 is 1. The topological polar surface area (TPSA) is 99.6 Å². The fourth-order valence-electron chi connectivity index (χ4n) is 1.44. The van der Waals surface area contributed by atoms with Crippen LogP contribution in [-0.2, 0) is 9.47 Å². The van der Waals surface area contributed by atoms with Crippen molar-refractivity contribution < 1.29 is 14.3 Å². The molecule has 0 atom stereocenters. The van der Waals surface area contributed by atoms with Crippen molar-refractivity contribution in [2.75, 3.05) is 44.5 Å². The third kappa shape index (κ3) is 4.23. The number of anilines is 2. The first-order valence-corrected chi connectivity index (χ1v) is 5.65. The summed E-state index contributed by atoms with van der Waals surface area (Å²) in [4.78, 5) is 11.1. The summed E-state index contributed by atoms with van der Waals surface area (Å²) in [5, 5.41) is 3.09. The normalized spacial score (nSPS) is 10.3. The fourth-order valence-corrected chi connectivity index (χ4v) is 1.44. The van der Waals surface area contributed by atoms with Crippen molar-refractivity contribution in [3.05, 3.63) is 23.8 Å². The van der Waals surface area contributed by atoms with Crippen LogP contribution in [-0.4, -0.2) is 39.4 Å². The zero-order chi connectivity index (χ0) is 13.4. The number of nitrogens with one attached hydrogen (secondary N) is 1. The number of ether oxygens (including phenoxy) is 2. The minimum absolute atomic E-state index is 0.320. The number of hydrogen-bond donors (Lipinski definition) is 3. The van der Waals surface area contributed by atoms with Crippen molar-refractivity contribution in [1.82, 2.24) is 0 Å². The molecule has 0 radical (unpaired) electrons. The van der Waals surface area contributed by atoms with E-state index in [1.165, 1.54) is 0 Å². The van der Waals surface area contributed by atoms with Gasteiger partial charge in [0.15, 0.2) is 0 Å². The number of primary amides is 1. The van der Waals surface area contributed by atoms with Gasteiger partial charge in [0.25, 0.3) is 5.91 Å². The molecule has 100 valence electrons. The summed E-state index contributed by atoms with van der Waals surface area (Å²) in [5.74, 6) is -0.535. The van der Waals surface area contributed by atoms with Crippen molar-refractivity contribution in [2.24, 2.45) is 5.73 Å². The summed E-state index contributed by atoms with van der Waals surface area (Å²) in [6.45, 7) is 2.24. The number of para-hydroxylation sites is 1. The molecule has 0 aliphatic carbocycles. The first-order chi connectivity index (χ1) is 8.66. The van der Waals surface area contributed by atoms with E-state index in [9.17, 15) is 4.79 Å². The predicted molar refractivity (Wildman–Crippen MR) is 70.6 cm³/mol. The minimum Gasteiger partial charge on any atom is -0.396 e. The molecule has 5 N–H and O–H groups in total. The summed E-state index contributed by atoms with van der Waals surface area (Å²) >= 11 is 0. The number of rotatable bonds is 8. The molecule has 1 aromatic rings. The Kier molecular flexibility index (Phi) is 5.96. The average molecular weight is 253 g/mol. The zero-order valence-electron chi connectivity index (χ0n) is 10.4. The summed E-state index contributed by atoms with van der Waals surface area (Å²) in [7, 11) is 1.62. The Morgan fingerprint density at radius 3 is 2.78 bits per heavy atom. The minimum atomic E-state index is -0.535. The van der Waals surface area contributed by atoms with Crippen LogP contribution in [0.5, 0.6) is 0 Å². The molecule has 0 spiro atoms. The van der Waals surface area contributed by atoms with Gasteiger partial charge in [0.05, 0.1) is 36.8 Å². The van der Waals surface area contributed by atoms with Gasteiger partial charge in [0.2, 0.25) is 0 Å². The van der Waals surface area contributed by atoms with Crippen LogP contribution in [0.15, 0.2) is 18.2 Å². The van der Waals surface area contributed by atoms with E-state index in [0.29, 0.717) is 43.3 Å². The van der Waals surface area contributed by atoms with E-state index >= 15 is 0 Å². The second kappa shape index (κ2) is 7.52. The maximum absolute atomic E-state index is 11.1. The number of carbonyl (C=O) groups is 1. The summed E-state index contributed by atoms with van der Waals surface area (Å²) in [6.07, 6.45) is 0. The second-order valence-electron chi connectivity index (χ2n) is 3.66. The van der Waals surface area contributed by atoms with Crippen molar-refractivity contribution in [2.45, 2.75) is 0 Å². The quantitative estimate of drug-likeness (QED) is 0.461. The molecular weight excluding hydrogens is 234 g/mol. The highest BCUT2D eigenvalue weighted by Gasteiger charge is 2.08. The Labute approximate surface area is 106 Å². The smallest absolute Gasteiger partial charge is 0.250 e. The molecule has 0 fully saturated rings. The summed E-state index contributed by atoms with van der Waals surface area (Å²) in [5.41, 5.74) is 12.4. The first-order valence-electron chi connectivity index (χ1n) is 5.65. The number of hydrogen-bond acceptors (Lipinski definition) is 5. The number of nitrogens with two attached hydrogens (primary N) is 2. The second-order valence-corrected chi connectivity index (χ2v) is 3.66. The third-order valence-corrected chi connectivity index (χ3v) is 2.37. The summed E-state index contributed by atoms with van der Waals surface area (Å²) in [6, 6.07) is 5.11. The number of nitrogen functional groups attached to an aromatic ring is 1. The van der Waals surface area contributed by atoms with E-state index < -0.39 is 5.91 Å². The van der Waals surface area contributed by atoms with Gasteiger partial charge in [-0.25, -0.2) is 0 Å². The van der Waals surface area contributed by atoms with Crippen LogP contribution in [0.2, 0.25) is 0 Å². The average Bonchev–Trinajstić information content (AvgIpc) is 2.35. The lowest BCUT2D eigenvalue weighted by atomic mass is 10.1. The molecule has 0 aromatic heterocycles. The highest BCUT2D eigenvalue weighted by molar-refractivity contribution is 6.00. The van der Waals surface area contributed by atoms with Crippen molar-refractivity contribution >= 4 is 17.3 Å². The van der Waals surface area contributed by atoms with Crippen molar-refractivity contribution in [1.29, 1.82) is 0 Å². The Bertz CT molecular complexity index is 396. The van der Waals surface area contributed by atoms with Gasteiger partial charge in [-0.2, -0.15) is 0 Å². The lowest BCUT2D eigenvalue weighted by molar-refractivity contribution is 0.0759. The van der Waals surface area contributed by atoms with E-state index in [-0.39, 0.29) is 0 Å². The SMILES string of the molecule is COCCOCCNc1cccc(C(N)=O)c1N. The predicted octanol–water partition coefficient (Wildman–Crippen LogP) is 0.443. The van der Waals surface area contributed by atoms with E-state index in [1.54, 1.807) is 25.3 Å². The fraction of sp³-hybridized carbons (Fsp3) is 0.417. The molecule has 1 amide bonds. The standard InChI is InChI=1S/C12H19N3O3/c1-17-7-8-18-6-5-15-10-4-2-3-9(11(10)13)12(14)16/h2-4,15H,5-8,13H2,1H3,(H2,14,16). The lowest BCUT2D eigenvalue weighted by Gasteiger charge is -2.11. The Morgan fingerprint density at radius 2 is 2.11 bits per heavy atom. The molecular formula is C12H19N3O3. The van der Waals surface area contributed by atoms with Crippen LogP contribution < -0.4 is 16.8 Å². The van der Waals surface area contributed by atoms with Gasteiger partial charge in [0.1, 0.15) is 0 Å². The van der Waals surface area contributed by atoms with Crippen molar-refractivity contribution in [3.63, 3.8) is 0 Å². The Balaban J connectivity index is 2.43. The molecule has 0 saturated carbocycles. The molecule has 0 aliphatic rings. The number of carbonyl (C=O) groups excluding carboxylic acids is 1. The first kappa shape index (κ1) is 14.3.